The number of hydrogen-bond acceptors (Lipinski definition) is 3. The van der Waals surface area contributed by atoms with Gasteiger partial charge in [0, 0.05) is 29.8 Å². The predicted octanol–water partition coefficient (Wildman–Crippen LogP) is 4.43. The van der Waals surface area contributed by atoms with E-state index in [1.807, 2.05) is 31.2 Å². The number of carbonyl (C=O) groups is 1. The molecule has 112 valence electrons. The van der Waals surface area contributed by atoms with Crippen LogP contribution in [0.1, 0.15) is 50.4 Å². The molecule has 0 unspecified atom stereocenters. The van der Waals surface area contributed by atoms with Crippen molar-refractivity contribution in [3.05, 3.63) is 41.1 Å². The maximum Gasteiger partial charge on any atom is 0.165 e. The summed E-state index contributed by atoms with van der Waals surface area (Å²) < 4.78 is 5.72. The summed E-state index contributed by atoms with van der Waals surface area (Å²) in [5, 5.41) is 0. The first-order valence-electron chi connectivity index (χ1n) is 7.54. The first-order valence-corrected chi connectivity index (χ1v) is 7.54. The molecule has 1 aromatic carbocycles. The monoisotopic (exact) mass is 285 g/mol. The molecular weight excluding hydrogens is 262 g/mol. The molecule has 0 saturated heterocycles. The molecule has 0 amide bonds. The number of hydrogen-bond donors (Lipinski definition) is 0. The minimum atomic E-state index is 0.267. The summed E-state index contributed by atoms with van der Waals surface area (Å²) in [6.07, 6.45) is 4.68. The lowest BCUT2D eigenvalue weighted by atomic mass is 10.1. The average molecular weight is 285 g/mol. The molecule has 0 atom stereocenters. The lowest BCUT2D eigenvalue weighted by Gasteiger charge is -2.08. The number of aliphatic imine (C=N–C) groups is 1. The van der Waals surface area contributed by atoms with Crippen LogP contribution in [0.15, 0.2) is 40.5 Å². The van der Waals surface area contributed by atoms with Gasteiger partial charge in [-0.2, -0.15) is 0 Å². The zero-order chi connectivity index (χ0) is 15.2. The molecule has 1 aliphatic rings. The largest absolute Gasteiger partial charge is 0.493 e. The van der Waals surface area contributed by atoms with Gasteiger partial charge in [0.25, 0.3) is 0 Å². The number of benzene rings is 1. The highest BCUT2D eigenvalue weighted by Crippen LogP contribution is 2.32. The Bertz CT molecular complexity index is 547. The molecular formula is C18H23NO2. The normalized spacial score (nSPS) is 14.2. The van der Waals surface area contributed by atoms with Gasteiger partial charge < -0.3 is 4.74 Å². The molecule has 0 N–H and O–H groups in total. The van der Waals surface area contributed by atoms with Crippen molar-refractivity contribution in [1.82, 2.24) is 0 Å². The Balaban J connectivity index is 1.86. The van der Waals surface area contributed by atoms with Gasteiger partial charge in [-0.15, -0.1) is 0 Å². The Morgan fingerprint density at radius 3 is 2.48 bits per heavy atom. The van der Waals surface area contributed by atoms with Gasteiger partial charge in [0.1, 0.15) is 5.75 Å². The summed E-state index contributed by atoms with van der Waals surface area (Å²) in [5.74, 6) is 1.34. The second-order valence-electron chi connectivity index (χ2n) is 5.60. The molecule has 0 spiro atoms. The van der Waals surface area contributed by atoms with Gasteiger partial charge in [0.15, 0.2) is 5.78 Å². The molecule has 0 aliphatic heterocycles. The van der Waals surface area contributed by atoms with Crippen LogP contribution in [0, 0.1) is 5.92 Å². The van der Waals surface area contributed by atoms with Gasteiger partial charge in [0.2, 0.25) is 0 Å². The molecule has 0 aromatic heterocycles. The number of allylic oxidation sites excluding steroid dienone is 1. The molecule has 1 fully saturated rings. The van der Waals surface area contributed by atoms with Gasteiger partial charge in [-0.1, -0.05) is 5.57 Å². The lowest BCUT2D eigenvalue weighted by Crippen LogP contribution is -2.02. The van der Waals surface area contributed by atoms with Gasteiger partial charge in [0.05, 0.1) is 6.61 Å². The highest BCUT2D eigenvalue weighted by molar-refractivity contribution is 5.99. The SMILES string of the molecule is CC=NC(CCOc1ccc(C(=O)C2CC2)cc1)=C(C)C. The fraction of sp³-hybridized carbons (Fsp3) is 0.444. The zero-order valence-electron chi connectivity index (χ0n) is 13.1. The van der Waals surface area contributed by atoms with E-state index in [9.17, 15) is 4.79 Å². The zero-order valence-corrected chi connectivity index (χ0v) is 13.1. The van der Waals surface area contributed by atoms with Gasteiger partial charge in [-0.3, -0.25) is 9.79 Å². The van der Waals surface area contributed by atoms with E-state index < -0.39 is 0 Å². The van der Waals surface area contributed by atoms with Crippen molar-refractivity contribution in [2.24, 2.45) is 10.9 Å². The first kappa shape index (κ1) is 15.5. The van der Waals surface area contributed by atoms with Crippen molar-refractivity contribution >= 4 is 12.0 Å². The van der Waals surface area contributed by atoms with E-state index >= 15 is 0 Å². The van der Waals surface area contributed by atoms with E-state index in [-0.39, 0.29) is 11.7 Å². The van der Waals surface area contributed by atoms with Gasteiger partial charge >= 0.3 is 0 Å². The predicted molar refractivity (Wildman–Crippen MR) is 86.1 cm³/mol. The van der Waals surface area contributed by atoms with Crippen LogP contribution in [0.25, 0.3) is 0 Å². The Hall–Kier alpha value is -1.90. The fourth-order valence-electron chi connectivity index (χ4n) is 2.16. The average Bonchev–Trinajstić information content (AvgIpc) is 3.31. The molecule has 3 nitrogen and oxygen atoms in total. The van der Waals surface area contributed by atoms with E-state index in [4.69, 9.17) is 4.74 Å². The van der Waals surface area contributed by atoms with Crippen LogP contribution in [0.2, 0.25) is 0 Å². The summed E-state index contributed by atoms with van der Waals surface area (Å²) in [4.78, 5) is 16.3. The molecule has 0 bridgehead atoms. The van der Waals surface area contributed by atoms with Crippen LogP contribution in [0.3, 0.4) is 0 Å². The first-order chi connectivity index (χ1) is 10.1. The molecule has 1 aromatic rings. The van der Waals surface area contributed by atoms with E-state index in [1.165, 1.54) is 5.57 Å². The summed E-state index contributed by atoms with van der Waals surface area (Å²) in [6, 6.07) is 7.48. The maximum absolute atomic E-state index is 11.9. The molecule has 0 heterocycles. The Morgan fingerprint density at radius 2 is 1.95 bits per heavy atom. The second-order valence-corrected chi connectivity index (χ2v) is 5.60. The smallest absolute Gasteiger partial charge is 0.165 e. The van der Waals surface area contributed by atoms with Crippen molar-refractivity contribution in [2.45, 2.75) is 40.0 Å². The van der Waals surface area contributed by atoms with Gasteiger partial charge in [-0.05, 0) is 57.9 Å². The molecule has 1 aliphatic carbocycles. The summed E-state index contributed by atoms with van der Waals surface area (Å²) >= 11 is 0. The van der Waals surface area contributed by atoms with Crippen LogP contribution in [0.5, 0.6) is 5.75 Å². The van der Waals surface area contributed by atoms with Crippen molar-refractivity contribution < 1.29 is 9.53 Å². The highest BCUT2D eigenvalue weighted by Gasteiger charge is 2.30. The molecule has 1 saturated carbocycles. The van der Waals surface area contributed by atoms with Crippen molar-refractivity contribution in [3.63, 3.8) is 0 Å². The quantitative estimate of drug-likeness (QED) is 0.549. The third-order valence-electron chi connectivity index (χ3n) is 3.56. The molecule has 3 heteroatoms. The standard InChI is InChI=1S/C18H23NO2/c1-4-19-17(13(2)3)11-12-21-16-9-7-15(8-10-16)18(20)14-5-6-14/h4,7-10,14H,5-6,11-12H2,1-3H3. The molecule has 2 rings (SSSR count). The van der Waals surface area contributed by atoms with Crippen molar-refractivity contribution in [1.29, 1.82) is 0 Å². The third kappa shape index (κ3) is 4.55. The molecule has 21 heavy (non-hydrogen) atoms. The maximum atomic E-state index is 11.9. The fourth-order valence-corrected chi connectivity index (χ4v) is 2.16. The number of ether oxygens (including phenoxy) is 1. The minimum Gasteiger partial charge on any atom is -0.493 e. The van der Waals surface area contributed by atoms with E-state index in [0.717, 1.165) is 36.3 Å². The Kier molecular flexibility index (Phi) is 5.32. The topological polar surface area (TPSA) is 38.7 Å². The third-order valence-corrected chi connectivity index (χ3v) is 3.56. The molecule has 0 radical (unpaired) electrons. The Labute approximate surface area is 126 Å². The second kappa shape index (κ2) is 7.21. The number of rotatable bonds is 7. The van der Waals surface area contributed by atoms with Crippen LogP contribution >= 0.6 is 0 Å². The van der Waals surface area contributed by atoms with E-state index in [1.54, 1.807) is 6.21 Å². The number of Topliss-reactive ketones (excluding diaryl/α,β-unsaturated/α-hetero) is 1. The van der Waals surface area contributed by atoms with Crippen LogP contribution in [-0.4, -0.2) is 18.6 Å². The number of ketones is 1. The highest BCUT2D eigenvalue weighted by atomic mass is 16.5. The lowest BCUT2D eigenvalue weighted by molar-refractivity contribution is 0.0967. The summed E-state index contributed by atoms with van der Waals surface area (Å²) in [7, 11) is 0. The van der Waals surface area contributed by atoms with E-state index in [2.05, 4.69) is 18.8 Å². The van der Waals surface area contributed by atoms with E-state index in [0.29, 0.717) is 6.61 Å². The van der Waals surface area contributed by atoms with Crippen molar-refractivity contribution in [3.8, 4) is 5.75 Å². The van der Waals surface area contributed by atoms with Crippen molar-refractivity contribution in [2.75, 3.05) is 6.61 Å². The van der Waals surface area contributed by atoms with Crippen LogP contribution < -0.4 is 4.74 Å². The Morgan fingerprint density at radius 1 is 1.29 bits per heavy atom. The number of nitrogens with zero attached hydrogens (tertiary/aromatic N) is 1. The number of carbonyl (C=O) groups excluding carboxylic acids is 1. The van der Waals surface area contributed by atoms with Crippen LogP contribution in [-0.2, 0) is 0 Å². The summed E-state index contributed by atoms with van der Waals surface area (Å²) in [5.41, 5.74) is 3.07. The minimum absolute atomic E-state index is 0.267. The van der Waals surface area contributed by atoms with Crippen LogP contribution in [0.4, 0.5) is 0 Å². The summed E-state index contributed by atoms with van der Waals surface area (Å²) in [6.45, 7) is 6.62. The van der Waals surface area contributed by atoms with Gasteiger partial charge in [-0.25, -0.2) is 0 Å².